The van der Waals surface area contributed by atoms with Gasteiger partial charge in [0.2, 0.25) is 0 Å². The molecule has 2 aromatic carbocycles. The summed E-state index contributed by atoms with van der Waals surface area (Å²) in [6.45, 7) is 0. The summed E-state index contributed by atoms with van der Waals surface area (Å²) in [6, 6.07) is 15.6. The van der Waals surface area contributed by atoms with E-state index in [0.717, 1.165) is 5.56 Å². The van der Waals surface area contributed by atoms with Crippen molar-refractivity contribution in [1.29, 1.82) is 0 Å². The molecule has 0 unspecified atom stereocenters. The minimum absolute atomic E-state index is 0.131. The lowest BCUT2D eigenvalue weighted by molar-refractivity contribution is 0.0950. The molecule has 7 nitrogen and oxygen atoms in total. The van der Waals surface area contributed by atoms with E-state index >= 15 is 0 Å². The molecule has 0 radical (unpaired) electrons. The van der Waals surface area contributed by atoms with Crippen molar-refractivity contribution in [1.82, 2.24) is 15.6 Å². The van der Waals surface area contributed by atoms with E-state index < -0.39 is 5.91 Å². The van der Waals surface area contributed by atoms with Crippen LogP contribution in [-0.2, 0) is 0 Å². The van der Waals surface area contributed by atoms with E-state index in [2.05, 4.69) is 20.7 Å². The molecule has 126 valence electrons. The van der Waals surface area contributed by atoms with Crippen LogP contribution in [0.1, 0.15) is 16.1 Å². The van der Waals surface area contributed by atoms with Gasteiger partial charge in [-0.1, -0.05) is 24.3 Å². The highest BCUT2D eigenvalue weighted by Gasteiger charge is 2.10. The number of hydrogen-bond acceptors (Lipinski definition) is 5. The van der Waals surface area contributed by atoms with Gasteiger partial charge in [0, 0.05) is 5.56 Å². The van der Waals surface area contributed by atoms with Gasteiger partial charge in [0.1, 0.15) is 17.2 Å². The normalized spacial score (nSPS) is 10.8. The predicted octanol–water partition coefficient (Wildman–Crippen LogP) is 2.55. The van der Waals surface area contributed by atoms with Crippen LogP contribution in [0.15, 0.2) is 59.7 Å². The van der Waals surface area contributed by atoms with Crippen LogP contribution in [0.5, 0.6) is 11.5 Å². The number of rotatable bonds is 5. The van der Waals surface area contributed by atoms with Gasteiger partial charge in [-0.25, -0.2) is 5.43 Å². The highest BCUT2D eigenvalue weighted by molar-refractivity contribution is 5.94. The van der Waals surface area contributed by atoms with Crippen LogP contribution < -0.4 is 10.2 Å². The number of aromatic nitrogens is 2. The lowest BCUT2D eigenvalue weighted by Gasteiger charge is -2.00. The van der Waals surface area contributed by atoms with E-state index in [4.69, 9.17) is 4.74 Å². The summed E-state index contributed by atoms with van der Waals surface area (Å²) in [6.07, 6.45) is 1.44. The number of nitrogens with zero attached hydrogens (tertiary/aromatic N) is 2. The minimum Gasteiger partial charge on any atom is -0.508 e. The zero-order valence-corrected chi connectivity index (χ0v) is 13.4. The molecule has 0 saturated carbocycles. The average Bonchev–Trinajstić information content (AvgIpc) is 3.12. The SMILES string of the molecule is COc1cccc(-c2cc(C(=O)N/N=C\c3cccc(O)c3)[nH]n2)c1. The summed E-state index contributed by atoms with van der Waals surface area (Å²) in [5.74, 6) is 0.423. The maximum atomic E-state index is 12.1. The first-order valence-corrected chi connectivity index (χ1v) is 7.48. The number of benzene rings is 2. The van der Waals surface area contributed by atoms with Crippen molar-refractivity contribution in [3.05, 3.63) is 65.9 Å². The van der Waals surface area contributed by atoms with Crippen molar-refractivity contribution in [3.63, 3.8) is 0 Å². The van der Waals surface area contributed by atoms with Gasteiger partial charge in [0.25, 0.3) is 5.91 Å². The second-order valence-corrected chi connectivity index (χ2v) is 5.19. The molecule has 3 N–H and O–H groups in total. The number of amides is 1. The van der Waals surface area contributed by atoms with Crippen LogP contribution in [0.3, 0.4) is 0 Å². The van der Waals surface area contributed by atoms with E-state index in [1.807, 2.05) is 24.3 Å². The minimum atomic E-state index is -0.418. The van der Waals surface area contributed by atoms with Crippen LogP contribution in [0.2, 0.25) is 0 Å². The van der Waals surface area contributed by atoms with Gasteiger partial charge >= 0.3 is 0 Å². The predicted molar refractivity (Wildman–Crippen MR) is 93.7 cm³/mol. The number of hydrazone groups is 1. The second-order valence-electron chi connectivity index (χ2n) is 5.19. The summed E-state index contributed by atoms with van der Waals surface area (Å²) in [5.41, 5.74) is 4.82. The van der Waals surface area contributed by atoms with Crippen LogP contribution in [0.4, 0.5) is 0 Å². The molecule has 1 heterocycles. The summed E-state index contributed by atoms with van der Waals surface area (Å²) in [4.78, 5) is 12.1. The topological polar surface area (TPSA) is 99.6 Å². The van der Waals surface area contributed by atoms with Gasteiger partial charge in [-0.05, 0) is 35.9 Å². The summed E-state index contributed by atoms with van der Waals surface area (Å²) >= 11 is 0. The zero-order chi connectivity index (χ0) is 17.6. The third-order valence-corrected chi connectivity index (χ3v) is 3.44. The zero-order valence-electron chi connectivity index (χ0n) is 13.4. The molecule has 3 rings (SSSR count). The highest BCUT2D eigenvalue weighted by Crippen LogP contribution is 2.22. The number of phenols is 1. The molecule has 1 amide bonds. The number of nitrogens with one attached hydrogen (secondary N) is 2. The Morgan fingerprint density at radius 2 is 2.08 bits per heavy atom. The van der Waals surface area contributed by atoms with E-state index in [-0.39, 0.29) is 11.4 Å². The number of aromatic amines is 1. The lowest BCUT2D eigenvalue weighted by atomic mass is 10.1. The Kier molecular flexibility index (Phi) is 4.75. The van der Waals surface area contributed by atoms with Crippen LogP contribution in [0.25, 0.3) is 11.3 Å². The van der Waals surface area contributed by atoms with Gasteiger partial charge in [0.05, 0.1) is 19.0 Å². The molecular weight excluding hydrogens is 320 g/mol. The number of H-pyrrole nitrogens is 1. The van der Waals surface area contributed by atoms with Gasteiger partial charge in [-0.15, -0.1) is 0 Å². The summed E-state index contributed by atoms with van der Waals surface area (Å²) in [7, 11) is 1.59. The fraction of sp³-hybridized carbons (Fsp3) is 0.0556. The molecule has 0 aliphatic rings. The largest absolute Gasteiger partial charge is 0.508 e. The fourth-order valence-electron chi connectivity index (χ4n) is 2.20. The number of aromatic hydroxyl groups is 1. The van der Waals surface area contributed by atoms with Crippen molar-refractivity contribution in [3.8, 4) is 22.8 Å². The van der Waals surface area contributed by atoms with Crippen molar-refractivity contribution in [2.45, 2.75) is 0 Å². The molecule has 25 heavy (non-hydrogen) atoms. The van der Waals surface area contributed by atoms with Gasteiger partial charge in [0.15, 0.2) is 0 Å². The smallest absolute Gasteiger partial charge is 0.289 e. The van der Waals surface area contributed by atoms with Crippen molar-refractivity contribution < 1.29 is 14.6 Å². The first-order valence-electron chi connectivity index (χ1n) is 7.48. The molecular formula is C18H16N4O3. The number of hydrogen-bond donors (Lipinski definition) is 3. The first-order chi connectivity index (χ1) is 12.2. The molecule has 7 heteroatoms. The number of carbonyl (C=O) groups excluding carboxylic acids is 1. The average molecular weight is 336 g/mol. The molecule has 0 atom stereocenters. The standard InChI is InChI=1S/C18H16N4O3/c1-25-15-7-3-5-13(9-15)16-10-17(21-20-16)18(24)22-19-11-12-4-2-6-14(23)8-12/h2-11,23H,1H3,(H,20,21)(H,22,24)/b19-11-. The third kappa shape index (κ3) is 4.03. The maximum Gasteiger partial charge on any atom is 0.289 e. The Morgan fingerprint density at radius 3 is 2.88 bits per heavy atom. The Balaban J connectivity index is 1.68. The molecule has 0 spiro atoms. The van der Waals surface area contributed by atoms with Gasteiger partial charge < -0.3 is 9.84 Å². The van der Waals surface area contributed by atoms with Crippen LogP contribution in [0, 0.1) is 0 Å². The maximum absolute atomic E-state index is 12.1. The molecule has 0 fully saturated rings. The van der Waals surface area contributed by atoms with E-state index in [1.165, 1.54) is 12.3 Å². The lowest BCUT2D eigenvalue weighted by Crippen LogP contribution is -2.17. The number of ether oxygens (including phenoxy) is 1. The monoisotopic (exact) mass is 336 g/mol. The number of carbonyl (C=O) groups is 1. The van der Waals surface area contributed by atoms with E-state index in [0.29, 0.717) is 17.0 Å². The Bertz CT molecular complexity index is 918. The van der Waals surface area contributed by atoms with E-state index in [9.17, 15) is 9.90 Å². The molecule has 3 aromatic rings. The number of methoxy groups -OCH3 is 1. The van der Waals surface area contributed by atoms with Gasteiger partial charge in [-0.3, -0.25) is 9.89 Å². The number of phenolic OH excluding ortho intramolecular Hbond substituents is 1. The quantitative estimate of drug-likeness (QED) is 0.492. The highest BCUT2D eigenvalue weighted by atomic mass is 16.5. The van der Waals surface area contributed by atoms with Gasteiger partial charge in [-0.2, -0.15) is 10.2 Å². The van der Waals surface area contributed by atoms with Crippen LogP contribution >= 0.6 is 0 Å². The Hall–Kier alpha value is -3.61. The van der Waals surface area contributed by atoms with Crippen LogP contribution in [-0.4, -0.2) is 34.5 Å². The van der Waals surface area contributed by atoms with Crippen molar-refractivity contribution in [2.75, 3.05) is 7.11 Å². The third-order valence-electron chi connectivity index (χ3n) is 3.44. The second kappa shape index (κ2) is 7.31. The van der Waals surface area contributed by atoms with E-state index in [1.54, 1.807) is 31.4 Å². The molecule has 0 bridgehead atoms. The molecule has 0 saturated heterocycles. The Labute approximate surface area is 144 Å². The molecule has 0 aliphatic carbocycles. The summed E-state index contributed by atoms with van der Waals surface area (Å²) < 4.78 is 5.18. The fourth-order valence-corrected chi connectivity index (χ4v) is 2.20. The Morgan fingerprint density at radius 1 is 1.24 bits per heavy atom. The van der Waals surface area contributed by atoms with Crippen molar-refractivity contribution >= 4 is 12.1 Å². The molecule has 1 aromatic heterocycles. The first kappa shape index (κ1) is 16.3. The molecule has 0 aliphatic heterocycles. The summed E-state index contributed by atoms with van der Waals surface area (Å²) in [5, 5.41) is 20.1. The van der Waals surface area contributed by atoms with Crippen molar-refractivity contribution in [2.24, 2.45) is 5.10 Å².